The van der Waals surface area contributed by atoms with Crippen LogP contribution in [0.25, 0.3) is 6.08 Å². The van der Waals surface area contributed by atoms with Crippen molar-refractivity contribution in [2.24, 2.45) is 0 Å². The highest BCUT2D eigenvalue weighted by molar-refractivity contribution is 7.92. The second-order valence-electron chi connectivity index (χ2n) is 8.19. The van der Waals surface area contributed by atoms with E-state index in [4.69, 9.17) is 0 Å². The van der Waals surface area contributed by atoms with Gasteiger partial charge in [0.05, 0.1) is 4.90 Å². The Morgan fingerprint density at radius 3 is 2.29 bits per heavy atom. The predicted molar refractivity (Wildman–Crippen MR) is 128 cm³/mol. The molecule has 1 heterocycles. The number of halogens is 1. The van der Waals surface area contributed by atoms with E-state index < -0.39 is 21.7 Å². The molecule has 0 saturated heterocycles. The van der Waals surface area contributed by atoms with Crippen molar-refractivity contribution in [1.29, 1.82) is 5.26 Å². The molecule has 9 heteroatoms. The fraction of sp³-hybridized carbons (Fsp3) is 0.200. The third-order valence-electron chi connectivity index (χ3n) is 5.62. The molecule has 174 valence electrons. The minimum Gasteiger partial charge on any atom is -0.346 e. The van der Waals surface area contributed by atoms with Crippen molar-refractivity contribution in [3.8, 4) is 6.07 Å². The molecule has 7 nitrogen and oxygen atoms in total. The number of carbonyl (C=O) groups excluding carboxylic acids is 1. The minimum absolute atomic E-state index is 0.0304. The summed E-state index contributed by atoms with van der Waals surface area (Å²) in [5.41, 5.74) is 3.60. The van der Waals surface area contributed by atoms with Gasteiger partial charge in [-0.25, -0.2) is 12.8 Å². The summed E-state index contributed by atoms with van der Waals surface area (Å²) < 4.78 is 42.5. The molecular formula is C25H23FN4O3S. The summed E-state index contributed by atoms with van der Waals surface area (Å²) in [7, 11) is -3.88. The molecule has 1 aliphatic rings. The van der Waals surface area contributed by atoms with Gasteiger partial charge in [-0.3, -0.25) is 9.52 Å². The van der Waals surface area contributed by atoms with Crippen molar-refractivity contribution in [1.82, 2.24) is 4.57 Å². The number of nitrogens with one attached hydrogen (secondary N) is 2. The van der Waals surface area contributed by atoms with Gasteiger partial charge in [0.2, 0.25) is 0 Å². The molecule has 0 atom stereocenters. The summed E-state index contributed by atoms with van der Waals surface area (Å²) >= 11 is 0. The Morgan fingerprint density at radius 1 is 1.09 bits per heavy atom. The SMILES string of the molecule is Cc1cc(/C=C(\C#N)C(=O)Nc2ccc(NS(=O)(=O)c3ccc(F)cc3)cc2)c(C)n1C1CC1. The molecule has 4 rings (SSSR count). The zero-order valence-corrected chi connectivity index (χ0v) is 19.5. The van der Waals surface area contributed by atoms with Gasteiger partial charge in [0.25, 0.3) is 15.9 Å². The van der Waals surface area contributed by atoms with Crippen LogP contribution in [0, 0.1) is 31.0 Å². The summed E-state index contributed by atoms with van der Waals surface area (Å²) in [4.78, 5) is 12.6. The Morgan fingerprint density at radius 2 is 1.71 bits per heavy atom. The molecule has 1 fully saturated rings. The van der Waals surface area contributed by atoms with E-state index in [0.717, 1.165) is 41.9 Å². The number of nitriles is 1. The quantitative estimate of drug-likeness (QED) is 0.371. The number of benzene rings is 2. The number of amides is 1. The number of nitrogens with zero attached hydrogens (tertiary/aromatic N) is 2. The van der Waals surface area contributed by atoms with Crippen LogP contribution in [0.4, 0.5) is 15.8 Å². The number of hydrogen-bond donors (Lipinski definition) is 2. The van der Waals surface area contributed by atoms with Crippen LogP contribution >= 0.6 is 0 Å². The number of aromatic nitrogens is 1. The summed E-state index contributed by atoms with van der Waals surface area (Å²) in [6.45, 7) is 4.00. The van der Waals surface area contributed by atoms with Crippen molar-refractivity contribution in [3.63, 3.8) is 0 Å². The first kappa shape index (κ1) is 23.3. The maximum atomic E-state index is 13.1. The van der Waals surface area contributed by atoms with Crippen molar-refractivity contribution in [3.05, 3.63) is 82.9 Å². The predicted octanol–water partition coefficient (Wildman–Crippen LogP) is 4.93. The lowest BCUT2D eigenvalue weighted by atomic mass is 10.1. The number of aryl methyl sites for hydroxylation is 1. The van der Waals surface area contributed by atoms with Gasteiger partial charge in [-0.1, -0.05) is 0 Å². The standard InChI is InChI=1S/C25H23FN4O3S/c1-16-13-18(17(2)30(16)23-9-10-23)14-19(15-27)25(31)28-21-5-7-22(8-6-21)29-34(32,33)24-11-3-20(26)4-12-24/h3-8,11-14,23,29H,9-10H2,1-2H3,(H,28,31)/b19-14+. The van der Waals surface area contributed by atoms with E-state index in [2.05, 4.69) is 14.6 Å². The lowest BCUT2D eigenvalue weighted by molar-refractivity contribution is -0.112. The van der Waals surface area contributed by atoms with Gasteiger partial charge < -0.3 is 9.88 Å². The molecule has 2 aromatic carbocycles. The third kappa shape index (κ3) is 5.02. The van der Waals surface area contributed by atoms with Gasteiger partial charge >= 0.3 is 0 Å². The fourth-order valence-corrected chi connectivity index (χ4v) is 4.85. The smallest absolute Gasteiger partial charge is 0.266 e. The van der Waals surface area contributed by atoms with Gasteiger partial charge in [-0.2, -0.15) is 5.26 Å². The van der Waals surface area contributed by atoms with E-state index in [0.29, 0.717) is 11.7 Å². The minimum atomic E-state index is -3.88. The summed E-state index contributed by atoms with van der Waals surface area (Å²) in [6.07, 6.45) is 3.87. The molecule has 0 bridgehead atoms. The lowest BCUT2D eigenvalue weighted by Gasteiger charge is -2.10. The van der Waals surface area contributed by atoms with Crippen LogP contribution in [-0.2, 0) is 14.8 Å². The molecule has 2 N–H and O–H groups in total. The van der Waals surface area contributed by atoms with E-state index in [1.54, 1.807) is 6.08 Å². The van der Waals surface area contributed by atoms with Crippen molar-refractivity contribution >= 4 is 33.4 Å². The molecule has 3 aromatic rings. The normalized spacial score (nSPS) is 13.9. The molecule has 0 radical (unpaired) electrons. The molecule has 0 spiro atoms. The highest BCUT2D eigenvalue weighted by Gasteiger charge is 2.27. The molecule has 0 aliphatic heterocycles. The van der Waals surface area contributed by atoms with Gasteiger partial charge in [0.15, 0.2) is 0 Å². The summed E-state index contributed by atoms with van der Waals surface area (Å²) in [6, 6.07) is 14.9. The molecular weight excluding hydrogens is 455 g/mol. The van der Waals surface area contributed by atoms with Crippen molar-refractivity contribution in [2.45, 2.75) is 37.6 Å². The Kier molecular flexibility index (Phi) is 6.26. The first-order chi connectivity index (χ1) is 16.2. The molecule has 0 unspecified atom stereocenters. The van der Waals surface area contributed by atoms with Gasteiger partial charge in [0.1, 0.15) is 17.5 Å². The van der Waals surface area contributed by atoms with E-state index in [1.807, 2.05) is 26.0 Å². The molecule has 34 heavy (non-hydrogen) atoms. The maximum absolute atomic E-state index is 13.1. The monoisotopic (exact) mass is 478 g/mol. The maximum Gasteiger partial charge on any atom is 0.266 e. The van der Waals surface area contributed by atoms with Gasteiger partial charge in [-0.05, 0) is 92.9 Å². The summed E-state index contributed by atoms with van der Waals surface area (Å²) in [5.74, 6) is -1.09. The number of sulfonamides is 1. The fourth-order valence-electron chi connectivity index (χ4n) is 3.80. The Balaban J connectivity index is 1.46. The lowest BCUT2D eigenvalue weighted by Crippen LogP contribution is -2.14. The van der Waals surface area contributed by atoms with Crippen LogP contribution in [0.2, 0.25) is 0 Å². The van der Waals surface area contributed by atoms with Crippen LogP contribution in [0.3, 0.4) is 0 Å². The largest absolute Gasteiger partial charge is 0.346 e. The number of carbonyl (C=O) groups is 1. The van der Waals surface area contributed by atoms with E-state index >= 15 is 0 Å². The molecule has 1 aromatic heterocycles. The number of rotatable bonds is 7. The summed E-state index contributed by atoms with van der Waals surface area (Å²) in [5, 5.41) is 12.2. The second-order valence-corrected chi connectivity index (χ2v) is 9.87. The van der Waals surface area contributed by atoms with Gasteiger partial charge in [-0.15, -0.1) is 0 Å². The first-order valence-corrected chi connectivity index (χ1v) is 12.2. The van der Waals surface area contributed by atoms with Crippen LogP contribution < -0.4 is 10.0 Å². The topological polar surface area (TPSA) is 104 Å². The zero-order valence-electron chi connectivity index (χ0n) is 18.7. The molecule has 1 saturated carbocycles. The van der Waals surface area contributed by atoms with Crippen molar-refractivity contribution < 1.29 is 17.6 Å². The molecule has 1 aliphatic carbocycles. The van der Waals surface area contributed by atoms with Gasteiger partial charge in [0, 0.05) is 28.8 Å². The average Bonchev–Trinajstić information content (AvgIpc) is 3.58. The molecule has 1 amide bonds. The van der Waals surface area contributed by atoms with Crippen LogP contribution in [0.1, 0.15) is 35.8 Å². The number of hydrogen-bond acceptors (Lipinski definition) is 4. The highest BCUT2D eigenvalue weighted by Crippen LogP contribution is 2.38. The van der Waals surface area contributed by atoms with Crippen LogP contribution in [-0.4, -0.2) is 18.9 Å². The Bertz CT molecular complexity index is 1410. The van der Waals surface area contributed by atoms with Crippen LogP contribution in [0.15, 0.2) is 65.1 Å². The zero-order chi connectivity index (χ0) is 24.5. The Hall–Kier alpha value is -3.90. The number of anilines is 2. The Labute approximate surface area is 197 Å². The van der Waals surface area contributed by atoms with E-state index in [-0.39, 0.29) is 16.2 Å². The first-order valence-electron chi connectivity index (χ1n) is 10.7. The van der Waals surface area contributed by atoms with Crippen molar-refractivity contribution in [2.75, 3.05) is 10.0 Å². The van der Waals surface area contributed by atoms with Crippen LogP contribution in [0.5, 0.6) is 0 Å². The average molecular weight is 479 g/mol. The van der Waals surface area contributed by atoms with E-state index in [1.165, 1.54) is 36.4 Å². The van der Waals surface area contributed by atoms with E-state index in [9.17, 15) is 22.9 Å². The second kappa shape index (κ2) is 9.15. The third-order valence-corrected chi connectivity index (χ3v) is 7.02. The highest BCUT2D eigenvalue weighted by atomic mass is 32.2.